The summed E-state index contributed by atoms with van der Waals surface area (Å²) < 4.78 is 51.4. The third kappa shape index (κ3) is 7.45. The van der Waals surface area contributed by atoms with Gasteiger partial charge in [-0.3, -0.25) is 13.8 Å². The van der Waals surface area contributed by atoms with Gasteiger partial charge in [-0.05, 0) is 71.3 Å². The lowest BCUT2D eigenvalue weighted by Crippen LogP contribution is -2.43. The van der Waals surface area contributed by atoms with Crippen LogP contribution >= 0.6 is 11.6 Å². The number of hydrogen-bond donors (Lipinski definition) is 1. The van der Waals surface area contributed by atoms with Crippen molar-refractivity contribution in [2.45, 2.75) is 43.2 Å². The molecule has 2 aromatic rings. The van der Waals surface area contributed by atoms with E-state index in [9.17, 15) is 27.0 Å². The monoisotopic (exact) mass is 584 g/mol. The molecule has 1 aromatic carbocycles. The number of carbonyl (C=O) groups is 2. The number of carbonyl (C=O) groups excluding carboxylic acids is 2. The summed E-state index contributed by atoms with van der Waals surface area (Å²) in [5.74, 6) is 2.53. The minimum absolute atomic E-state index is 0.0452. The number of piperidine rings is 2. The second-order valence-corrected chi connectivity index (χ2v) is 13.3. The highest BCUT2D eigenvalue weighted by atomic mass is 35.5. The predicted molar refractivity (Wildman–Crippen MR) is 148 cm³/mol. The van der Waals surface area contributed by atoms with Crippen molar-refractivity contribution in [3.05, 3.63) is 47.1 Å². The summed E-state index contributed by atoms with van der Waals surface area (Å²) in [6.45, 7) is 1.43. The Morgan fingerprint density at radius 3 is 2.38 bits per heavy atom. The number of hydrogen-bond acceptors (Lipinski definition) is 5. The first kappa shape index (κ1) is 29.2. The second kappa shape index (κ2) is 11.8. The molecule has 4 rings (SSSR count). The summed E-state index contributed by atoms with van der Waals surface area (Å²) in [5, 5.41) is 3.29. The highest BCUT2D eigenvalue weighted by Crippen LogP contribution is 2.35. The van der Waals surface area contributed by atoms with Gasteiger partial charge in [-0.25, -0.2) is 4.98 Å². The summed E-state index contributed by atoms with van der Waals surface area (Å²) in [6, 6.07) is 8.15. The van der Waals surface area contributed by atoms with Gasteiger partial charge in [0.1, 0.15) is 0 Å². The van der Waals surface area contributed by atoms with Gasteiger partial charge in [0.25, 0.3) is 5.91 Å². The first-order chi connectivity index (χ1) is 18.3. The van der Waals surface area contributed by atoms with E-state index >= 15 is 0 Å². The molecule has 12 heteroatoms. The third-order valence-corrected chi connectivity index (χ3v) is 8.82. The molecule has 7 nitrogen and oxygen atoms in total. The largest absolute Gasteiger partial charge is 0.391 e. The van der Waals surface area contributed by atoms with Crippen molar-refractivity contribution in [2.24, 2.45) is 11.8 Å². The summed E-state index contributed by atoms with van der Waals surface area (Å²) in [7, 11) is -2.58. The highest BCUT2D eigenvalue weighted by Gasteiger charge is 2.41. The van der Waals surface area contributed by atoms with Gasteiger partial charge in [-0.1, -0.05) is 17.7 Å². The fourth-order valence-corrected chi connectivity index (χ4v) is 5.86. The van der Waals surface area contributed by atoms with Crippen molar-refractivity contribution in [3.8, 4) is 0 Å². The lowest BCUT2D eigenvalue weighted by Gasteiger charge is -2.36. The van der Waals surface area contributed by atoms with E-state index in [1.807, 2.05) is 4.90 Å². The zero-order chi connectivity index (χ0) is 28.4. The average molecular weight is 585 g/mol. The van der Waals surface area contributed by atoms with Crippen LogP contribution in [0.2, 0.25) is 5.02 Å². The Morgan fingerprint density at radius 2 is 1.79 bits per heavy atom. The van der Waals surface area contributed by atoms with Gasteiger partial charge in [0.15, 0.2) is 5.82 Å². The molecule has 3 heterocycles. The molecular formula is C27H32ClF3N4O3S. The van der Waals surface area contributed by atoms with Crippen LogP contribution in [0.4, 0.5) is 24.7 Å². The number of nitrogens with zero attached hydrogens (tertiary/aromatic N) is 3. The average Bonchev–Trinajstić information content (AvgIpc) is 2.88. The number of nitrogens with one attached hydrogen (secondary N) is 1. The standard InChI is InChI=1S/C27H32ClF3N4O3S/c1-39(2,38)22-16-23(33-26(37)19-4-3-5-21(28)15-19)25(32-17-22)35-10-6-18(7-11-35)14-24(36)34-12-8-20(9-13-34)27(29,30)31/h3-5,15-18,20H,1,6-14H2,2H3,(H,33,37). The quantitative estimate of drug-likeness (QED) is 0.478. The maximum absolute atomic E-state index is 13.0. The molecule has 2 fully saturated rings. The highest BCUT2D eigenvalue weighted by molar-refractivity contribution is 7.99. The molecule has 0 aliphatic carbocycles. The van der Waals surface area contributed by atoms with E-state index < -0.39 is 21.6 Å². The molecule has 1 aromatic heterocycles. The maximum Gasteiger partial charge on any atom is 0.391 e. The number of rotatable bonds is 6. The number of benzene rings is 1. The molecule has 1 N–H and O–H groups in total. The van der Waals surface area contributed by atoms with Crippen LogP contribution in [0.5, 0.6) is 0 Å². The summed E-state index contributed by atoms with van der Waals surface area (Å²) in [4.78, 5) is 34.2. The Balaban J connectivity index is 1.41. The minimum atomic E-state index is -4.21. The van der Waals surface area contributed by atoms with Crippen LogP contribution in [-0.2, 0) is 14.3 Å². The Morgan fingerprint density at radius 1 is 1.13 bits per heavy atom. The number of alkyl halides is 3. The molecule has 2 amide bonds. The minimum Gasteiger partial charge on any atom is -0.355 e. The number of halogens is 4. The van der Waals surface area contributed by atoms with Crippen molar-refractivity contribution in [1.29, 1.82) is 0 Å². The molecule has 0 spiro atoms. The molecule has 39 heavy (non-hydrogen) atoms. The van der Waals surface area contributed by atoms with Crippen LogP contribution < -0.4 is 10.2 Å². The van der Waals surface area contributed by atoms with Gasteiger partial charge in [0.2, 0.25) is 5.91 Å². The van der Waals surface area contributed by atoms with Gasteiger partial charge < -0.3 is 15.1 Å². The van der Waals surface area contributed by atoms with E-state index in [2.05, 4.69) is 16.2 Å². The van der Waals surface area contributed by atoms with Crippen molar-refractivity contribution in [3.63, 3.8) is 0 Å². The smallest absolute Gasteiger partial charge is 0.355 e. The van der Waals surface area contributed by atoms with E-state index in [-0.39, 0.29) is 43.7 Å². The summed E-state index contributed by atoms with van der Waals surface area (Å²) in [5.41, 5.74) is 0.764. The molecule has 2 aliphatic rings. The van der Waals surface area contributed by atoms with Gasteiger partial charge >= 0.3 is 6.18 Å². The van der Waals surface area contributed by atoms with Gasteiger partial charge in [0, 0.05) is 55.6 Å². The Hall–Kier alpha value is -2.79. The Kier molecular flexibility index (Phi) is 8.80. The van der Waals surface area contributed by atoms with E-state index in [0.29, 0.717) is 59.3 Å². The molecular weight excluding hydrogens is 553 g/mol. The Bertz CT molecular complexity index is 1320. The van der Waals surface area contributed by atoms with Gasteiger partial charge in [-0.15, -0.1) is 0 Å². The van der Waals surface area contributed by atoms with Crippen LogP contribution in [0.3, 0.4) is 0 Å². The molecule has 1 atom stereocenters. The number of pyridine rings is 1. The lowest BCUT2D eigenvalue weighted by molar-refractivity contribution is -0.186. The lowest BCUT2D eigenvalue weighted by atomic mass is 9.91. The normalized spacial score (nSPS) is 19.0. The van der Waals surface area contributed by atoms with Crippen LogP contribution in [0, 0.1) is 11.8 Å². The molecule has 2 saturated heterocycles. The number of aromatic nitrogens is 1. The Labute approximate surface area is 231 Å². The van der Waals surface area contributed by atoms with Crippen molar-refractivity contribution >= 4 is 50.3 Å². The zero-order valence-electron chi connectivity index (χ0n) is 21.7. The van der Waals surface area contributed by atoms with Crippen LogP contribution in [0.1, 0.15) is 42.5 Å². The number of amides is 2. The van der Waals surface area contributed by atoms with E-state index in [1.54, 1.807) is 35.2 Å². The summed E-state index contributed by atoms with van der Waals surface area (Å²) >= 11 is 6.03. The second-order valence-electron chi connectivity index (χ2n) is 10.3. The van der Waals surface area contributed by atoms with Crippen LogP contribution in [0.15, 0.2) is 41.4 Å². The van der Waals surface area contributed by atoms with E-state index in [1.165, 1.54) is 12.5 Å². The van der Waals surface area contributed by atoms with Crippen molar-refractivity contribution in [2.75, 3.05) is 42.7 Å². The first-order valence-electron chi connectivity index (χ1n) is 12.8. The SMILES string of the molecule is C=S(C)(=O)c1cnc(N2CCC(CC(=O)N3CCC(C(F)(F)F)CC3)CC2)c(NC(=O)c2cccc(Cl)c2)c1. The van der Waals surface area contributed by atoms with Crippen molar-refractivity contribution in [1.82, 2.24) is 9.88 Å². The topological polar surface area (TPSA) is 82.6 Å². The molecule has 2 aliphatic heterocycles. The summed E-state index contributed by atoms with van der Waals surface area (Å²) in [6.07, 6.45) is 0.384. The maximum atomic E-state index is 13.0. The van der Waals surface area contributed by atoms with Gasteiger partial charge in [-0.2, -0.15) is 13.2 Å². The molecule has 0 bridgehead atoms. The molecule has 1 unspecified atom stereocenters. The fourth-order valence-electron chi connectivity index (χ4n) is 5.02. The first-order valence-corrected chi connectivity index (χ1v) is 15.3. The van der Waals surface area contributed by atoms with E-state index in [0.717, 1.165) is 0 Å². The number of anilines is 2. The van der Waals surface area contributed by atoms with E-state index in [4.69, 9.17) is 11.6 Å². The molecule has 0 radical (unpaired) electrons. The van der Waals surface area contributed by atoms with Gasteiger partial charge in [0.05, 0.1) is 16.5 Å². The van der Waals surface area contributed by atoms with Crippen LogP contribution in [-0.4, -0.2) is 70.4 Å². The predicted octanol–water partition coefficient (Wildman–Crippen LogP) is 5.10. The van der Waals surface area contributed by atoms with Crippen LogP contribution in [0.25, 0.3) is 0 Å². The third-order valence-electron chi connectivity index (χ3n) is 7.36. The molecule has 0 saturated carbocycles. The van der Waals surface area contributed by atoms with Crippen molar-refractivity contribution < 1.29 is 27.0 Å². The molecule has 212 valence electrons. The zero-order valence-corrected chi connectivity index (χ0v) is 23.2. The fraction of sp³-hybridized carbons (Fsp3) is 0.481. The number of likely N-dealkylation sites (tertiary alicyclic amines) is 1.